The zero-order valence-electron chi connectivity index (χ0n) is 17.5. The Morgan fingerprint density at radius 1 is 1.27 bits per heavy atom. The summed E-state index contributed by atoms with van der Waals surface area (Å²) in [7, 11) is -2.23. The Balaban J connectivity index is 1.97. The maximum atomic E-state index is 12.6. The van der Waals surface area contributed by atoms with Crippen LogP contribution in [-0.2, 0) is 20.6 Å². The second-order valence-corrected chi connectivity index (χ2v) is 10.2. The zero-order chi connectivity index (χ0) is 22.3. The normalized spacial score (nSPS) is 12.3. The molecular formula is C21H27ClN2O4S2. The average Bonchev–Trinajstić information content (AvgIpc) is 2.68. The molecule has 6 nitrogen and oxygen atoms in total. The van der Waals surface area contributed by atoms with E-state index < -0.39 is 16.1 Å². The Bertz CT molecular complexity index is 983. The minimum absolute atomic E-state index is 0.267. The van der Waals surface area contributed by atoms with Crippen molar-refractivity contribution in [3.63, 3.8) is 0 Å². The third-order valence-corrected chi connectivity index (χ3v) is 7.09. The lowest BCUT2D eigenvalue weighted by Crippen LogP contribution is -2.48. The average molecular weight is 471 g/mol. The molecule has 0 aromatic heterocycles. The quantitative estimate of drug-likeness (QED) is 0.533. The van der Waals surface area contributed by atoms with Gasteiger partial charge in [-0.3, -0.25) is 9.10 Å². The smallest absolute Gasteiger partial charge is 0.243 e. The standard InChI is InChI=1S/C21H27ClN2O4S2/c1-15-7-5-6-8-17(15)14-29-12-11-23-21(25)16(2)24(30(4,26)27)18-9-10-20(28-3)19(22)13-18/h5-10,13,16H,11-12,14H2,1-4H3,(H,23,25)/t16-/m1/s1. The van der Waals surface area contributed by atoms with Crippen molar-refractivity contribution >= 4 is 45.0 Å². The Morgan fingerprint density at radius 3 is 2.57 bits per heavy atom. The number of nitrogens with one attached hydrogen (secondary N) is 1. The van der Waals surface area contributed by atoms with Crippen LogP contribution in [0.2, 0.25) is 5.02 Å². The molecule has 2 aromatic rings. The van der Waals surface area contributed by atoms with Gasteiger partial charge in [-0.2, -0.15) is 11.8 Å². The van der Waals surface area contributed by atoms with Crippen molar-refractivity contribution < 1.29 is 17.9 Å². The number of benzene rings is 2. The highest BCUT2D eigenvalue weighted by Crippen LogP contribution is 2.31. The summed E-state index contributed by atoms with van der Waals surface area (Å²) in [6.07, 6.45) is 1.06. The molecular weight excluding hydrogens is 444 g/mol. The zero-order valence-corrected chi connectivity index (χ0v) is 19.9. The van der Waals surface area contributed by atoms with Crippen LogP contribution in [0.1, 0.15) is 18.1 Å². The van der Waals surface area contributed by atoms with Crippen LogP contribution >= 0.6 is 23.4 Å². The lowest BCUT2D eigenvalue weighted by atomic mass is 10.1. The molecule has 1 N–H and O–H groups in total. The van der Waals surface area contributed by atoms with E-state index in [9.17, 15) is 13.2 Å². The summed E-state index contributed by atoms with van der Waals surface area (Å²) in [6.45, 7) is 4.07. The fourth-order valence-corrected chi connectivity index (χ4v) is 5.30. The molecule has 30 heavy (non-hydrogen) atoms. The molecule has 0 fully saturated rings. The summed E-state index contributed by atoms with van der Waals surface area (Å²) in [5.74, 6) is 1.64. The number of rotatable bonds is 10. The van der Waals surface area contributed by atoms with E-state index >= 15 is 0 Å². The minimum Gasteiger partial charge on any atom is -0.495 e. The number of thioether (sulfide) groups is 1. The first-order chi connectivity index (χ1) is 14.1. The van der Waals surface area contributed by atoms with Crippen molar-refractivity contribution in [3.05, 3.63) is 58.6 Å². The Labute approximate surface area is 188 Å². The summed E-state index contributed by atoms with van der Waals surface area (Å²) in [4.78, 5) is 12.6. The number of anilines is 1. The number of halogens is 1. The molecule has 164 valence electrons. The van der Waals surface area contributed by atoms with Gasteiger partial charge in [0.05, 0.1) is 24.1 Å². The van der Waals surface area contributed by atoms with E-state index in [0.29, 0.717) is 18.0 Å². The van der Waals surface area contributed by atoms with Crippen molar-refractivity contribution in [3.8, 4) is 5.75 Å². The summed E-state index contributed by atoms with van der Waals surface area (Å²) in [6, 6.07) is 11.9. The maximum Gasteiger partial charge on any atom is 0.243 e. The van der Waals surface area contributed by atoms with Crippen molar-refractivity contribution in [2.75, 3.05) is 30.0 Å². The lowest BCUT2D eigenvalue weighted by molar-refractivity contribution is -0.121. The van der Waals surface area contributed by atoms with E-state index in [2.05, 4.69) is 24.4 Å². The molecule has 1 atom stereocenters. The van der Waals surface area contributed by atoms with E-state index in [4.69, 9.17) is 16.3 Å². The molecule has 2 rings (SSSR count). The third kappa shape index (κ3) is 6.55. The number of aryl methyl sites for hydroxylation is 1. The van der Waals surface area contributed by atoms with Gasteiger partial charge in [-0.25, -0.2) is 8.42 Å². The van der Waals surface area contributed by atoms with Crippen molar-refractivity contribution in [1.82, 2.24) is 5.32 Å². The van der Waals surface area contributed by atoms with Crippen molar-refractivity contribution in [2.24, 2.45) is 0 Å². The van der Waals surface area contributed by atoms with E-state index in [1.165, 1.54) is 24.3 Å². The first-order valence-electron chi connectivity index (χ1n) is 9.38. The van der Waals surface area contributed by atoms with Crippen molar-refractivity contribution in [1.29, 1.82) is 0 Å². The number of hydrogen-bond acceptors (Lipinski definition) is 5. The maximum absolute atomic E-state index is 12.6. The van der Waals surface area contributed by atoms with Crippen LogP contribution in [0.3, 0.4) is 0 Å². The first-order valence-corrected chi connectivity index (χ1v) is 12.8. The molecule has 0 aliphatic carbocycles. The topological polar surface area (TPSA) is 75.7 Å². The van der Waals surface area contributed by atoms with Gasteiger partial charge in [0, 0.05) is 18.1 Å². The highest BCUT2D eigenvalue weighted by molar-refractivity contribution is 7.98. The molecule has 1 amide bonds. The monoisotopic (exact) mass is 470 g/mol. The lowest BCUT2D eigenvalue weighted by Gasteiger charge is -2.28. The van der Waals surface area contributed by atoms with Gasteiger partial charge < -0.3 is 10.1 Å². The predicted octanol–water partition coefficient (Wildman–Crippen LogP) is 3.86. The molecule has 0 bridgehead atoms. The Kier molecular flexibility index (Phi) is 8.88. The first kappa shape index (κ1) is 24.4. The SMILES string of the molecule is COc1ccc(N([C@H](C)C(=O)NCCSCc2ccccc2C)S(C)(=O)=O)cc1Cl. The fraction of sp³-hybridized carbons (Fsp3) is 0.381. The molecule has 2 aromatic carbocycles. The van der Waals surface area contributed by atoms with Crippen LogP contribution in [0.25, 0.3) is 0 Å². The largest absolute Gasteiger partial charge is 0.495 e. The predicted molar refractivity (Wildman–Crippen MR) is 125 cm³/mol. The van der Waals surface area contributed by atoms with E-state index in [1.807, 2.05) is 12.1 Å². The number of ether oxygens (including phenoxy) is 1. The Morgan fingerprint density at radius 2 is 1.97 bits per heavy atom. The molecule has 0 saturated heterocycles. The molecule has 0 saturated carbocycles. The van der Waals surface area contributed by atoms with Crippen LogP contribution in [0.5, 0.6) is 5.75 Å². The van der Waals surface area contributed by atoms with Gasteiger partial charge in [-0.1, -0.05) is 35.9 Å². The summed E-state index contributed by atoms with van der Waals surface area (Å²) in [5, 5.41) is 3.09. The van der Waals surface area contributed by atoms with Gasteiger partial charge in [-0.05, 0) is 43.2 Å². The highest BCUT2D eigenvalue weighted by atomic mass is 35.5. The molecule has 0 heterocycles. The van der Waals surface area contributed by atoms with E-state index in [0.717, 1.165) is 22.1 Å². The summed E-state index contributed by atoms with van der Waals surface area (Å²) in [5.41, 5.74) is 2.81. The van der Waals surface area contributed by atoms with Crippen LogP contribution in [0.15, 0.2) is 42.5 Å². The van der Waals surface area contributed by atoms with Crippen LogP contribution in [-0.4, -0.2) is 46.0 Å². The molecule has 0 unspecified atom stereocenters. The van der Waals surface area contributed by atoms with Gasteiger partial charge >= 0.3 is 0 Å². The highest BCUT2D eigenvalue weighted by Gasteiger charge is 2.29. The van der Waals surface area contributed by atoms with Gasteiger partial charge in [0.2, 0.25) is 15.9 Å². The second-order valence-electron chi connectivity index (χ2n) is 6.82. The second kappa shape index (κ2) is 10.9. The number of carbonyl (C=O) groups is 1. The van der Waals surface area contributed by atoms with Crippen LogP contribution < -0.4 is 14.4 Å². The van der Waals surface area contributed by atoms with Gasteiger partial charge in [-0.15, -0.1) is 0 Å². The summed E-state index contributed by atoms with van der Waals surface area (Å²) < 4.78 is 30.9. The van der Waals surface area contributed by atoms with Gasteiger partial charge in [0.1, 0.15) is 11.8 Å². The molecule has 0 spiro atoms. The van der Waals surface area contributed by atoms with Crippen LogP contribution in [0.4, 0.5) is 5.69 Å². The minimum atomic E-state index is -3.71. The number of nitrogens with zero attached hydrogens (tertiary/aromatic N) is 1. The number of hydrogen-bond donors (Lipinski definition) is 1. The molecule has 9 heteroatoms. The Hall–Kier alpha value is -1.90. The van der Waals surface area contributed by atoms with E-state index in [-0.39, 0.29) is 10.9 Å². The van der Waals surface area contributed by atoms with Gasteiger partial charge in [0.25, 0.3) is 0 Å². The number of methoxy groups -OCH3 is 1. The number of amides is 1. The third-order valence-electron chi connectivity index (χ3n) is 4.54. The molecule has 0 aliphatic rings. The number of sulfonamides is 1. The van der Waals surface area contributed by atoms with E-state index in [1.54, 1.807) is 30.8 Å². The molecule has 0 radical (unpaired) electrons. The van der Waals surface area contributed by atoms with Crippen molar-refractivity contribution in [2.45, 2.75) is 25.6 Å². The van der Waals surface area contributed by atoms with Gasteiger partial charge in [0.15, 0.2) is 0 Å². The number of carbonyl (C=O) groups excluding carboxylic acids is 1. The molecule has 0 aliphatic heterocycles. The summed E-state index contributed by atoms with van der Waals surface area (Å²) >= 11 is 7.85. The fourth-order valence-electron chi connectivity index (χ4n) is 2.95. The van der Waals surface area contributed by atoms with Crippen LogP contribution in [0, 0.1) is 6.92 Å².